The van der Waals surface area contributed by atoms with Crippen LogP contribution in [-0.4, -0.2) is 43.2 Å². The Labute approximate surface area is 215 Å². The van der Waals surface area contributed by atoms with Gasteiger partial charge in [-0.15, -0.1) is 0 Å². The minimum Gasteiger partial charge on any atom is -0.461 e. The van der Waals surface area contributed by atoms with Crippen LogP contribution in [0.1, 0.15) is 84.1 Å². The van der Waals surface area contributed by atoms with Crippen molar-refractivity contribution in [2.24, 2.45) is 17.3 Å². The molecule has 0 radical (unpaired) electrons. The zero-order chi connectivity index (χ0) is 26.2. The highest BCUT2D eigenvalue weighted by Crippen LogP contribution is 2.44. The Bertz CT molecular complexity index is 864. The second-order valence-corrected chi connectivity index (χ2v) is 11.5. The van der Waals surface area contributed by atoms with E-state index in [2.05, 4.69) is 5.32 Å². The highest BCUT2D eigenvalue weighted by atomic mass is 16.6. The number of hydrogen-bond acceptors (Lipinski definition) is 6. The Kier molecular flexibility index (Phi) is 9.94. The lowest BCUT2D eigenvalue weighted by atomic mass is 9.76. The molecule has 0 aromatic heterocycles. The van der Waals surface area contributed by atoms with Crippen molar-refractivity contribution in [1.29, 1.82) is 0 Å². The van der Waals surface area contributed by atoms with E-state index in [9.17, 15) is 14.4 Å². The van der Waals surface area contributed by atoms with Gasteiger partial charge in [0, 0.05) is 13.2 Å². The Morgan fingerprint density at radius 2 is 1.67 bits per heavy atom. The molecule has 0 saturated heterocycles. The standard InChI is InChI=1S/C29H43NO6/c1-28(2,3)36-26(32)23(20-34-4)18-29(16-8-9-17-29)27(33)30-24-14-12-22(13-15-24)25(31)35-19-21-10-6-5-7-11-21/h5-7,10-11,22-24H,8-9,12-20H2,1-4H3,(H,30,33)/t22-,23?,24+. The molecule has 0 heterocycles. The number of methoxy groups -OCH3 is 1. The van der Waals surface area contributed by atoms with Gasteiger partial charge in [0.1, 0.15) is 12.2 Å². The first kappa shape index (κ1) is 28.2. The molecule has 2 fully saturated rings. The van der Waals surface area contributed by atoms with E-state index in [4.69, 9.17) is 14.2 Å². The van der Waals surface area contributed by atoms with E-state index in [1.165, 1.54) is 0 Å². The number of carbonyl (C=O) groups is 3. The zero-order valence-electron chi connectivity index (χ0n) is 22.3. The molecule has 200 valence electrons. The minimum atomic E-state index is -0.588. The van der Waals surface area contributed by atoms with Crippen molar-refractivity contribution >= 4 is 17.8 Å². The lowest BCUT2D eigenvalue weighted by Gasteiger charge is -2.35. The van der Waals surface area contributed by atoms with Crippen molar-refractivity contribution < 1.29 is 28.6 Å². The Morgan fingerprint density at radius 3 is 2.25 bits per heavy atom. The number of ether oxygens (including phenoxy) is 3. The number of carbonyl (C=O) groups excluding carboxylic acids is 3. The van der Waals surface area contributed by atoms with Crippen molar-refractivity contribution in [2.75, 3.05) is 13.7 Å². The first-order valence-corrected chi connectivity index (χ1v) is 13.4. The van der Waals surface area contributed by atoms with Crippen molar-refractivity contribution in [1.82, 2.24) is 5.32 Å². The molecule has 2 saturated carbocycles. The molecule has 2 aliphatic carbocycles. The van der Waals surface area contributed by atoms with Gasteiger partial charge in [-0.2, -0.15) is 0 Å². The third-order valence-electron chi connectivity index (χ3n) is 7.41. The monoisotopic (exact) mass is 501 g/mol. The predicted molar refractivity (Wildman–Crippen MR) is 137 cm³/mol. The Hall–Kier alpha value is -2.41. The van der Waals surface area contributed by atoms with Crippen LogP contribution in [0, 0.1) is 17.3 Å². The van der Waals surface area contributed by atoms with Crippen LogP contribution in [0.2, 0.25) is 0 Å². The van der Waals surface area contributed by atoms with Crippen molar-refractivity contribution in [3.05, 3.63) is 35.9 Å². The number of benzene rings is 1. The van der Waals surface area contributed by atoms with Crippen LogP contribution in [0.5, 0.6) is 0 Å². The number of rotatable bonds is 10. The molecular formula is C29H43NO6. The molecule has 1 amide bonds. The quantitative estimate of drug-likeness (QED) is 0.456. The fraction of sp³-hybridized carbons (Fsp3) is 0.690. The summed E-state index contributed by atoms with van der Waals surface area (Å²) in [6.07, 6.45) is 6.82. The molecule has 1 aromatic carbocycles. The maximum atomic E-state index is 13.6. The van der Waals surface area contributed by atoms with Gasteiger partial charge in [-0.25, -0.2) is 0 Å². The smallest absolute Gasteiger partial charge is 0.311 e. The third-order valence-corrected chi connectivity index (χ3v) is 7.41. The molecule has 1 unspecified atom stereocenters. The first-order chi connectivity index (χ1) is 17.1. The van der Waals surface area contributed by atoms with Crippen LogP contribution in [0.25, 0.3) is 0 Å². The van der Waals surface area contributed by atoms with Crippen molar-refractivity contribution in [3.63, 3.8) is 0 Å². The minimum absolute atomic E-state index is 0.0276. The Morgan fingerprint density at radius 1 is 1.03 bits per heavy atom. The summed E-state index contributed by atoms with van der Waals surface area (Å²) in [4.78, 5) is 39.0. The zero-order valence-corrected chi connectivity index (χ0v) is 22.3. The van der Waals surface area contributed by atoms with Crippen LogP contribution >= 0.6 is 0 Å². The first-order valence-electron chi connectivity index (χ1n) is 13.4. The summed E-state index contributed by atoms with van der Waals surface area (Å²) in [6, 6.07) is 9.72. The van der Waals surface area contributed by atoms with Crippen molar-refractivity contribution in [2.45, 2.75) is 96.8 Å². The fourth-order valence-electron chi connectivity index (χ4n) is 5.50. The highest BCUT2D eigenvalue weighted by Gasteiger charge is 2.45. The second-order valence-electron chi connectivity index (χ2n) is 11.5. The molecule has 1 aromatic rings. The van der Waals surface area contributed by atoms with Gasteiger partial charge in [0.05, 0.1) is 23.9 Å². The van der Waals surface area contributed by atoms with E-state index >= 15 is 0 Å². The van der Waals surface area contributed by atoms with Gasteiger partial charge in [-0.05, 0) is 71.3 Å². The average Bonchev–Trinajstić information content (AvgIpc) is 3.32. The molecule has 1 atom stereocenters. The number of nitrogens with one attached hydrogen (secondary N) is 1. The molecule has 0 aliphatic heterocycles. The van der Waals surface area contributed by atoms with Gasteiger partial charge in [0.2, 0.25) is 5.91 Å². The van der Waals surface area contributed by atoms with Gasteiger partial charge in [0.25, 0.3) is 0 Å². The summed E-state index contributed by atoms with van der Waals surface area (Å²) in [5.41, 5.74) is -0.188. The molecule has 7 nitrogen and oxygen atoms in total. The number of amides is 1. The molecule has 3 rings (SSSR count). The summed E-state index contributed by atoms with van der Waals surface area (Å²) >= 11 is 0. The lowest BCUT2D eigenvalue weighted by molar-refractivity contribution is -0.163. The van der Waals surface area contributed by atoms with Gasteiger partial charge in [-0.3, -0.25) is 14.4 Å². The average molecular weight is 502 g/mol. The summed E-state index contributed by atoms with van der Waals surface area (Å²) in [6.45, 7) is 6.07. The van der Waals surface area contributed by atoms with Gasteiger partial charge >= 0.3 is 11.9 Å². The maximum Gasteiger partial charge on any atom is 0.311 e. The van der Waals surface area contributed by atoms with E-state index in [0.29, 0.717) is 25.9 Å². The Balaban J connectivity index is 1.53. The second kappa shape index (κ2) is 12.7. The van der Waals surface area contributed by atoms with Gasteiger partial charge in [-0.1, -0.05) is 43.2 Å². The molecular weight excluding hydrogens is 458 g/mol. The van der Waals surface area contributed by atoms with Crippen LogP contribution in [0.15, 0.2) is 30.3 Å². The fourth-order valence-corrected chi connectivity index (χ4v) is 5.50. The number of hydrogen-bond donors (Lipinski definition) is 1. The molecule has 36 heavy (non-hydrogen) atoms. The van der Waals surface area contributed by atoms with E-state index in [1.54, 1.807) is 7.11 Å². The van der Waals surface area contributed by atoms with Gasteiger partial charge in [0.15, 0.2) is 0 Å². The third kappa shape index (κ3) is 8.05. The summed E-state index contributed by atoms with van der Waals surface area (Å²) in [7, 11) is 1.57. The van der Waals surface area contributed by atoms with E-state index < -0.39 is 16.9 Å². The molecule has 2 aliphatic rings. The van der Waals surface area contributed by atoms with Crippen LogP contribution in [0.3, 0.4) is 0 Å². The lowest BCUT2D eigenvalue weighted by Crippen LogP contribution is -2.48. The van der Waals surface area contributed by atoms with E-state index in [-0.39, 0.29) is 36.4 Å². The summed E-state index contributed by atoms with van der Waals surface area (Å²) in [5, 5.41) is 3.27. The van der Waals surface area contributed by atoms with Crippen molar-refractivity contribution in [3.8, 4) is 0 Å². The maximum absolute atomic E-state index is 13.6. The summed E-state index contributed by atoms with van der Waals surface area (Å²) < 4.78 is 16.5. The molecule has 7 heteroatoms. The molecule has 1 N–H and O–H groups in total. The largest absolute Gasteiger partial charge is 0.461 e. The molecule has 0 bridgehead atoms. The predicted octanol–water partition coefficient (Wildman–Crippen LogP) is 4.96. The van der Waals surface area contributed by atoms with E-state index in [1.807, 2.05) is 51.1 Å². The van der Waals surface area contributed by atoms with Crippen LogP contribution in [0.4, 0.5) is 0 Å². The van der Waals surface area contributed by atoms with Gasteiger partial charge < -0.3 is 19.5 Å². The molecule has 0 spiro atoms. The van der Waals surface area contributed by atoms with Crippen LogP contribution < -0.4 is 5.32 Å². The van der Waals surface area contributed by atoms with E-state index in [0.717, 1.165) is 44.1 Å². The topological polar surface area (TPSA) is 90.9 Å². The summed E-state index contributed by atoms with van der Waals surface area (Å²) in [5.74, 6) is -1.04. The highest BCUT2D eigenvalue weighted by molar-refractivity contribution is 5.84. The number of esters is 2. The normalized spacial score (nSPS) is 22.4. The van der Waals surface area contributed by atoms with Crippen LogP contribution in [-0.2, 0) is 35.2 Å². The SMILES string of the molecule is COCC(CC1(C(=O)N[C@H]2CC[C@@H](C(=O)OCc3ccccc3)CC2)CCCC1)C(=O)OC(C)(C)C.